The lowest BCUT2D eigenvalue weighted by Crippen LogP contribution is -2.54. The number of carbonyl (C=O) groups excluding carboxylic acids is 1. The third kappa shape index (κ3) is 2.92. The van der Waals surface area contributed by atoms with Crippen LogP contribution in [0, 0.1) is 10.8 Å². The molecule has 1 aliphatic heterocycles. The topological polar surface area (TPSA) is 26.3 Å². The van der Waals surface area contributed by atoms with Crippen LogP contribution in [0.1, 0.15) is 33.6 Å². The molecule has 0 aromatic heterocycles. The number of ether oxygens (including phenoxy) is 1. The van der Waals surface area contributed by atoms with E-state index in [-0.39, 0.29) is 24.0 Å². The average Bonchev–Trinajstić information content (AvgIpc) is 2.18. The van der Waals surface area contributed by atoms with Crippen molar-refractivity contribution in [2.24, 2.45) is 10.8 Å². The van der Waals surface area contributed by atoms with Crippen LogP contribution in [-0.2, 0) is 9.53 Å². The van der Waals surface area contributed by atoms with Crippen LogP contribution in [-0.4, -0.2) is 30.5 Å². The maximum atomic E-state index is 14.2. The first kappa shape index (κ1) is 14.7. The minimum atomic E-state index is -2.97. The molecule has 1 fully saturated rings. The summed E-state index contributed by atoms with van der Waals surface area (Å²) in [7, 11) is 1.18. The summed E-state index contributed by atoms with van der Waals surface area (Å²) in [6, 6.07) is 0. The maximum Gasteiger partial charge on any atom is 0.318 e. The number of carbonyl (C=O) groups is 1. The van der Waals surface area contributed by atoms with Gasteiger partial charge in [-0.1, -0.05) is 20.8 Å². The number of hydrogen-bond donors (Lipinski definition) is 0. The smallest absolute Gasteiger partial charge is 0.318 e. The van der Waals surface area contributed by atoms with E-state index in [1.165, 1.54) is 18.9 Å². The van der Waals surface area contributed by atoms with Gasteiger partial charge in [0.15, 0.2) is 0 Å². The van der Waals surface area contributed by atoms with Crippen molar-refractivity contribution in [3.8, 4) is 0 Å². The number of alkyl halides is 2. The van der Waals surface area contributed by atoms with Crippen molar-refractivity contribution in [2.45, 2.75) is 39.5 Å². The van der Waals surface area contributed by atoms with Crippen LogP contribution < -0.4 is 0 Å². The Hall–Kier alpha value is -0.320. The van der Waals surface area contributed by atoms with E-state index in [1.807, 2.05) is 20.8 Å². The van der Waals surface area contributed by atoms with E-state index >= 15 is 0 Å². The Bertz CT molecular complexity index is 299. The molecule has 1 heterocycles. The zero-order valence-electron chi connectivity index (χ0n) is 10.8. The number of thioether (sulfide) groups is 1. The van der Waals surface area contributed by atoms with Crippen LogP contribution in [0.2, 0.25) is 0 Å². The summed E-state index contributed by atoms with van der Waals surface area (Å²) in [5.41, 5.74) is -2.00. The minimum Gasteiger partial charge on any atom is -0.468 e. The Morgan fingerprint density at radius 1 is 1.41 bits per heavy atom. The molecule has 0 N–H and O–H groups in total. The molecule has 0 aliphatic carbocycles. The Morgan fingerprint density at radius 3 is 2.41 bits per heavy atom. The highest BCUT2D eigenvalue weighted by atomic mass is 32.2. The summed E-state index contributed by atoms with van der Waals surface area (Å²) < 4.78 is 33.0. The molecule has 1 saturated heterocycles. The number of rotatable bonds is 2. The van der Waals surface area contributed by atoms with Gasteiger partial charge in [0.05, 0.1) is 7.11 Å². The van der Waals surface area contributed by atoms with Crippen LogP contribution in [0.5, 0.6) is 0 Å². The highest BCUT2D eigenvalue weighted by molar-refractivity contribution is 7.99. The SMILES string of the molecule is COC(=O)C1(CC(C)(C)C)CSCCC1(F)F. The van der Waals surface area contributed by atoms with Gasteiger partial charge in [-0.05, 0) is 17.6 Å². The first-order valence-corrected chi connectivity index (χ1v) is 6.84. The van der Waals surface area contributed by atoms with E-state index in [0.29, 0.717) is 5.75 Å². The van der Waals surface area contributed by atoms with E-state index < -0.39 is 17.3 Å². The molecule has 1 rings (SSSR count). The third-order valence-corrected chi connectivity index (χ3v) is 4.21. The standard InChI is InChI=1S/C12H20F2O2S/c1-10(2,3)7-11(9(15)16-4)8-17-6-5-12(11,13)14/h5-8H2,1-4H3. The van der Waals surface area contributed by atoms with Gasteiger partial charge in [-0.3, -0.25) is 4.79 Å². The van der Waals surface area contributed by atoms with Crippen molar-refractivity contribution < 1.29 is 18.3 Å². The normalized spacial score (nSPS) is 28.8. The molecule has 100 valence electrons. The van der Waals surface area contributed by atoms with E-state index in [0.717, 1.165) is 0 Å². The van der Waals surface area contributed by atoms with Gasteiger partial charge in [0, 0.05) is 12.2 Å². The van der Waals surface area contributed by atoms with Gasteiger partial charge < -0.3 is 4.74 Å². The van der Waals surface area contributed by atoms with Crippen LogP contribution in [0.15, 0.2) is 0 Å². The quantitative estimate of drug-likeness (QED) is 0.717. The van der Waals surface area contributed by atoms with Gasteiger partial charge in [0.2, 0.25) is 0 Å². The van der Waals surface area contributed by atoms with Gasteiger partial charge >= 0.3 is 5.97 Å². The summed E-state index contributed by atoms with van der Waals surface area (Å²) in [6.45, 7) is 5.60. The van der Waals surface area contributed by atoms with E-state index in [4.69, 9.17) is 0 Å². The fourth-order valence-electron chi connectivity index (χ4n) is 2.35. The van der Waals surface area contributed by atoms with E-state index in [2.05, 4.69) is 4.74 Å². The van der Waals surface area contributed by atoms with Crippen molar-refractivity contribution in [2.75, 3.05) is 18.6 Å². The van der Waals surface area contributed by atoms with E-state index in [1.54, 1.807) is 0 Å². The predicted octanol–water partition coefficient (Wildman–Crippen LogP) is 3.35. The van der Waals surface area contributed by atoms with E-state index in [9.17, 15) is 13.6 Å². The Morgan fingerprint density at radius 2 is 2.00 bits per heavy atom. The number of methoxy groups -OCH3 is 1. The molecule has 1 aliphatic rings. The summed E-state index contributed by atoms with van der Waals surface area (Å²) in [4.78, 5) is 11.9. The monoisotopic (exact) mass is 266 g/mol. The third-order valence-electron chi connectivity index (χ3n) is 3.02. The molecule has 1 atom stereocenters. The Balaban J connectivity index is 3.12. The molecule has 0 radical (unpaired) electrons. The molecule has 5 heteroatoms. The first-order valence-electron chi connectivity index (χ1n) is 5.69. The fourth-order valence-corrected chi connectivity index (χ4v) is 3.68. The summed E-state index contributed by atoms with van der Waals surface area (Å²) in [5, 5.41) is 0. The van der Waals surface area contributed by atoms with Crippen molar-refractivity contribution in [1.82, 2.24) is 0 Å². The summed E-state index contributed by atoms with van der Waals surface area (Å²) in [6.07, 6.45) is -0.102. The molecule has 0 amide bonds. The average molecular weight is 266 g/mol. The molecular formula is C12H20F2O2S. The van der Waals surface area contributed by atoms with Crippen molar-refractivity contribution >= 4 is 17.7 Å². The predicted molar refractivity (Wildman–Crippen MR) is 65.4 cm³/mol. The first-order chi connectivity index (χ1) is 7.65. The lowest BCUT2D eigenvalue weighted by atomic mass is 9.70. The lowest BCUT2D eigenvalue weighted by Gasteiger charge is -2.44. The molecule has 0 bridgehead atoms. The van der Waals surface area contributed by atoms with Gasteiger partial charge in [-0.25, -0.2) is 8.78 Å². The second-order valence-corrected chi connectivity index (χ2v) is 6.92. The Kier molecular flexibility index (Phi) is 4.12. The van der Waals surface area contributed by atoms with Crippen molar-refractivity contribution in [3.05, 3.63) is 0 Å². The highest BCUT2D eigenvalue weighted by Crippen LogP contribution is 2.52. The van der Waals surface area contributed by atoms with Gasteiger partial charge in [0.25, 0.3) is 5.92 Å². The molecule has 0 saturated carbocycles. The zero-order valence-corrected chi connectivity index (χ0v) is 11.6. The van der Waals surface area contributed by atoms with Crippen molar-refractivity contribution in [3.63, 3.8) is 0 Å². The maximum absolute atomic E-state index is 14.2. The molecule has 0 aromatic carbocycles. The molecular weight excluding hydrogens is 246 g/mol. The molecule has 17 heavy (non-hydrogen) atoms. The van der Waals surface area contributed by atoms with Crippen LogP contribution >= 0.6 is 11.8 Å². The highest BCUT2D eigenvalue weighted by Gasteiger charge is 2.62. The second-order valence-electron chi connectivity index (χ2n) is 5.82. The van der Waals surface area contributed by atoms with Crippen molar-refractivity contribution in [1.29, 1.82) is 0 Å². The number of halogens is 2. The second kappa shape index (κ2) is 4.75. The van der Waals surface area contributed by atoms with Crippen LogP contribution in [0.3, 0.4) is 0 Å². The van der Waals surface area contributed by atoms with Gasteiger partial charge in [-0.2, -0.15) is 11.8 Å². The summed E-state index contributed by atoms with van der Waals surface area (Å²) >= 11 is 1.41. The Labute approximate surface area is 105 Å². The zero-order chi connectivity index (χ0) is 13.3. The van der Waals surface area contributed by atoms with Crippen LogP contribution in [0.25, 0.3) is 0 Å². The molecule has 0 spiro atoms. The largest absolute Gasteiger partial charge is 0.468 e. The van der Waals surface area contributed by atoms with Gasteiger partial charge in [-0.15, -0.1) is 0 Å². The lowest BCUT2D eigenvalue weighted by molar-refractivity contribution is -0.185. The van der Waals surface area contributed by atoms with Crippen LogP contribution in [0.4, 0.5) is 8.78 Å². The fraction of sp³-hybridized carbons (Fsp3) is 0.917. The summed E-state index contributed by atoms with van der Waals surface area (Å²) in [5.74, 6) is -3.21. The minimum absolute atomic E-state index is 0.143. The number of esters is 1. The molecule has 1 unspecified atom stereocenters. The number of hydrogen-bond acceptors (Lipinski definition) is 3. The molecule has 0 aromatic rings. The molecule has 2 nitrogen and oxygen atoms in total. The van der Waals surface area contributed by atoms with Gasteiger partial charge in [0.1, 0.15) is 5.41 Å².